The lowest BCUT2D eigenvalue weighted by Gasteiger charge is -2.30. The average molecular weight is 288 g/mol. The van der Waals surface area contributed by atoms with Crippen molar-refractivity contribution in [2.24, 2.45) is 0 Å². The normalized spacial score (nSPS) is 25.8. The Morgan fingerprint density at radius 2 is 2.19 bits per heavy atom. The summed E-state index contributed by atoms with van der Waals surface area (Å²) in [6.07, 6.45) is 6.45. The molecular formula is C18H28N2O. The average Bonchev–Trinajstić information content (AvgIpc) is 2.99. The molecule has 116 valence electrons. The first kappa shape index (κ1) is 14.9. The van der Waals surface area contributed by atoms with Gasteiger partial charge in [0.2, 0.25) is 0 Å². The lowest BCUT2D eigenvalue weighted by atomic mass is 9.87. The monoisotopic (exact) mass is 288 g/mol. The third kappa shape index (κ3) is 3.24. The highest BCUT2D eigenvalue weighted by molar-refractivity contribution is 5.39. The first-order chi connectivity index (χ1) is 10.3. The van der Waals surface area contributed by atoms with Gasteiger partial charge in [-0.3, -0.25) is 4.90 Å². The van der Waals surface area contributed by atoms with Gasteiger partial charge in [-0.1, -0.05) is 13.0 Å². The lowest BCUT2D eigenvalue weighted by molar-refractivity contribution is 0.251. The van der Waals surface area contributed by atoms with E-state index in [0.29, 0.717) is 6.04 Å². The molecule has 1 aliphatic heterocycles. The molecule has 0 radical (unpaired) electrons. The van der Waals surface area contributed by atoms with Gasteiger partial charge < -0.3 is 10.1 Å². The summed E-state index contributed by atoms with van der Waals surface area (Å²) in [4.78, 5) is 2.61. The largest absolute Gasteiger partial charge is 0.497 e. The van der Waals surface area contributed by atoms with E-state index in [4.69, 9.17) is 4.74 Å². The molecular weight excluding hydrogens is 260 g/mol. The Labute approximate surface area is 128 Å². The summed E-state index contributed by atoms with van der Waals surface area (Å²) >= 11 is 0. The summed E-state index contributed by atoms with van der Waals surface area (Å²) < 4.78 is 5.40. The molecule has 3 heteroatoms. The van der Waals surface area contributed by atoms with Crippen LogP contribution in [0.15, 0.2) is 18.2 Å². The molecule has 21 heavy (non-hydrogen) atoms. The molecule has 2 atom stereocenters. The van der Waals surface area contributed by atoms with Crippen molar-refractivity contribution in [2.75, 3.05) is 26.7 Å². The predicted octanol–water partition coefficient (Wildman–Crippen LogP) is 3.15. The molecule has 0 aromatic heterocycles. The van der Waals surface area contributed by atoms with Crippen molar-refractivity contribution in [3.8, 4) is 5.75 Å². The van der Waals surface area contributed by atoms with E-state index in [1.54, 1.807) is 7.11 Å². The molecule has 1 heterocycles. The first-order valence-electron chi connectivity index (χ1n) is 8.46. The number of hydrogen-bond acceptors (Lipinski definition) is 3. The molecule has 0 amide bonds. The Kier molecular flexibility index (Phi) is 4.81. The number of likely N-dealkylation sites (N-methyl/N-ethyl adjacent to an activating group) is 1. The molecule has 1 saturated heterocycles. The lowest BCUT2D eigenvalue weighted by Crippen LogP contribution is -2.39. The minimum atomic E-state index is 0.503. The van der Waals surface area contributed by atoms with Crippen molar-refractivity contribution in [1.82, 2.24) is 10.2 Å². The summed E-state index contributed by atoms with van der Waals surface area (Å²) in [6, 6.07) is 7.81. The number of aryl methyl sites for hydroxylation is 1. The van der Waals surface area contributed by atoms with Gasteiger partial charge in [-0.2, -0.15) is 0 Å². The van der Waals surface area contributed by atoms with E-state index in [9.17, 15) is 0 Å². The molecule has 1 N–H and O–H groups in total. The molecule has 0 bridgehead atoms. The number of hydrogen-bond donors (Lipinski definition) is 1. The highest BCUT2D eigenvalue weighted by atomic mass is 16.5. The van der Waals surface area contributed by atoms with Crippen molar-refractivity contribution in [1.29, 1.82) is 0 Å². The molecule has 3 nitrogen and oxygen atoms in total. The molecule has 0 spiro atoms. The molecule has 1 aliphatic carbocycles. The number of ether oxygens (including phenoxy) is 1. The van der Waals surface area contributed by atoms with Gasteiger partial charge in [0.25, 0.3) is 0 Å². The van der Waals surface area contributed by atoms with E-state index in [2.05, 4.69) is 35.3 Å². The van der Waals surface area contributed by atoms with Crippen LogP contribution in [0.3, 0.4) is 0 Å². The van der Waals surface area contributed by atoms with Crippen LogP contribution in [-0.2, 0) is 6.42 Å². The smallest absolute Gasteiger partial charge is 0.119 e. The Bertz CT molecular complexity index is 474. The minimum Gasteiger partial charge on any atom is -0.497 e. The van der Waals surface area contributed by atoms with E-state index in [1.165, 1.54) is 56.3 Å². The standard InChI is InChI=1S/C18H28N2O/c1-3-20-11-5-7-15(20)13-19-18-8-4-6-14-9-10-16(21-2)12-17(14)18/h9-10,12,15,18-19H,3-8,11,13H2,1-2H3. The van der Waals surface area contributed by atoms with Crippen LogP contribution in [0.1, 0.15) is 49.8 Å². The van der Waals surface area contributed by atoms with Crippen LogP contribution in [-0.4, -0.2) is 37.7 Å². The number of nitrogens with zero attached hydrogens (tertiary/aromatic N) is 1. The quantitative estimate of drug-likeness (QED) is 0.901. The van der Waals surface area contributed by atoms with E-state index in [-0.39, 0.29) is 0 Å². The van der Waals surface area contributed by atoms with Gasteiger partial charge in [0, 0.05) is 18.6 Å². The third-order valence-electron chi connectivity index (χ3n) is 5.17. The van der Waals surface area contributed by atoms with Crippen molar-refractivity contribution in [2.45, 2.75) is 51.1 Å². The molecule has 1 aromatic carbocycles. The number of benzene rings is 1. The van der Waals surface area contributed by atoms with Crippen LogP contribution in [0.4, 0.5) is 0 Å². The van der Waals surface area contributed by atoms with E-state index in [0.717, 1.165) is 18.3 Å². The Morgan fingerprint density at radius 1 is 1.29 bits per heavy atom. The maximum absolute atomic E-state index is 5.40. The van der Waals surface area contributed by atoms with Crippen LogP contribution in [0.25, 0.3) is 0 Å². The highest BCUT2D eigenvalue weighted by Crippen LogP contribution is 2.32. The predicted molar refractivity (Wildman–Crippen MR) is 86.9 cm³/mol. The highest BCUT2D eigenvalue weighted by Gasteiger charge is 2.25. The van der Waals surface area contributed by atoms with Crippen LogP contribution >= 0.6 is 0 Å². The number of rotatable bonds is 5. The molecule has 0 saturated carbocycles. The minimum absolute atomic E-state index is 0.503. The number of likely N-dealkylation sites (tertiary alicyclic amines) is 1. The van der Waals surface area contributed by atoms with Gasteiger partial charge >= 0.3 is 0 Å². The first-order valence-corrected chi connectivity index (χ1v) is 8.46. The second-order valence-electron chi connectivity index (χ2n) is 6.34. The topological polar surface area (TPSA) is 24.5 Å². The summed E-state index contributed by atoms with van der Waals surface area (Å²) in [7, 11) is 1.75. The van der Waals surface area contributed by atoms with Gasteiger partial charge in [-0.05, 0) is 68.5 Å². The van der Waals surface area contributed by atoms with E-state index < -0.39 is 0 Å². The molecule has 1 fully saturated rings. The zero-order chi connectivity index (χ0) is 14.7. The van der Waals surface area contributed by atoms with Crippen molar-refractivity contribution >= 4 is 0 Å². The van der Waals surface area contributed by atoms with Crippen LogP contribution in [0.5, 0.6) is 5.75 Å². The summed E-state index contributed by atoms with van der Waals surface area (Å²) in [5.41, 5.74) is 2.96. The van der Waals surface area contributed by atoms with Crippen molar-refractivity contribution in [3.05, 3.63) is 29.3 Å². The number of nitrogens with one attached hydrogen (secondary N) is 1. The second kappa shape index (κ2) is 6.80. The fourth-order valence-corrected chi connectivity index (χ4v) is 3.94. The Hall–Kier alpha value is -1.06. The van der Waals surface area contributed by atoms with Crippen molar-refractivity contribution < 1.29 is 4.74 Å². The third-order valence-corrected chi connectivity index (χ3v) is 5.17. The molecule has 3 rings (SSSR count). The van der Waals surface area contributed by atoms with Gasteiger partial charge in [0.05, 0.1) is 7.11 Å². The second-order valence-corrected chi connectivity index (χ2v) is 6.34. The maximum atomic E-state index is 5.40. The maximum Gasteiger partial charge on any atom is 0.119 e. The SMILES string of the molecule is CCN1CCCC1CNC1CCCc2ccc(OC)cc21. The zero-order valence-electron chi connectivity index (χ0n) is 13.4. The Morgan fingerprint density at radius 3 is 3.00 bits per heavy atom. The fraction of sp³-hybridized carbons (Fsp3) is 0.667. The molecule has 2 aliphatic rings. The van der Waals surface area contributed by atoms with Gasteiger partial charge in [-0.15, -0.1) is 0 Å². The van der Waals surface area contributed by atoms with Gasteiger partial charge in [0.1, 0.15) is 5.75 Å². The number of methoxy groups -OCH3 is 1. The zero-order valence-corrected chi connectivity index (χ0v) is 13.4. The van der Waals surface area contributed by atoms with Crippen molar-refractivity contribution in [3.63, 3.8) is 0 Å². The van der Waals surface area contributed by atoms with Gasteiger partial charge in [0.15, 0.2) is 0 Å². The van der Waals surface area contributed by atoms with Crippen LogP contribution in [0, 0.1) is 0 Å². The summed E-state index contributed by atoms with van der Waals surface area (Å²) in [6.45, 7) is 5.85. The summed E-state index contributed by atoms with van der Waals surface area (Å²) in [5, 5.41) is 3.84. The Balaban J connectivity index is 1.67. The van der Waals surface area contributed by atoms with E-state index >= 15 is 0 Å². The van der Waals surface area contributed by atoms with Gasteiger partial charge in [-0.25, -0.2) is 0 Å². The van der Waals surface area contributed by atoms with Crippen LogP contribution < -0.4 is 10.1 Å². The van der Waals surface area contributed by atoms with E-state index in [1.807, 2.05) is 0 Å². The molecule has 2 unspecified atom stereocenters. The fourth-order valence-electron chi connectivity index (χ4n) is 3.94. The molecule has 1 aromatic rings. The number of fused-ring (bicyclic) bond motifs is 1. The van der Waals surface area contributed by atoms with Crippen LogP contribution in [0.2, 0.25) is 0 Å². The summed E-state index contributed by atoms with van der Waals surface area (Å²) in [5.74, 6) is 0.985.